The number of nitrogens with one attached hydrogen (secondary N) is 1. The van der Waals surface area contributed by atoms with Crippen molar-refractivity contribution in [2.45, 2.75) is 50.4 Å². The number of imidazole rings is 1. The number of fused-ring (bicyclic) bond motifs is 2. The average molecular weight is 406 g/mol. The van der Waals surface area contributed by atoms with Crippen LogP contribution in [0, 0.1) is 0 Å². The first kappa shape index (κ1) is 18.9. The smallest absolute Gasteiger partial charge is 0.174 e. The molecule has 5 rings (SSSR count). The molecule has 1 aromatic carbocycles. The molecule has 0 radical (unpaired) electrons. The highest BCUT2D eigenvalue weighted by molar-refractivity contribution is 5.68. The van der Waals surface area contributed by atoms with Crippen molar-refractivity contribution in [2.75, 3.05) is 0 Å². The van der Waals surface area contributed by atoms with Crippen LogP contribution in [0.25, 0.3) is 23.0 Å². The maximum Gasteiger partial charge on any atom is 0.174 e. The van der Waals surface area contributed by atoms with E-state index in [1.165, 1.54) is 0 Å². The summed E-state index contributed by atoms with van der Waals surface area (Å²) < 4.78 is 16.9. The largest absolute Gasteiger partial charge is 0.507 e. The van der Waals surface area contributed by atoms with Crippen LogP contribution in [0.2, 0.25) is 0 Å². The van der Waals surface area contributed by atoms with Crippen LogP contribution >= 0.6 is 0 Å². The SMILES string of the molecule is C[C@@]12CC[C@@](C)(N1)[C@@H](F)/C(=C\c1ncc(-c3ccc(-n4ccnc4)cc3O)nn1)C2. The maximum absolute atomic E-state index is 15.1. The lowest BCUT2D eigenvalue weighted by Gasteiger charge is -2.41. The van der Waals surface area contributed by atoms with Crippen LogP contribution in [0.4, 0.5) is 4.39 Å². The van der Waals surface area contributed by atoms with E-state index in [2.05, 4.69) is 32.4 Å². The molecule has 3 atom stereocenters. The minimum Gasteiger partial charge on any atom is -0.507 e. The van der Waals surface area contributed by atoms with Gasteiger partial charge in [-0.3, -0.25) is 0 Å². The van der Waals surface area contributed by atoms with Gasteiger partial charge >= 0.3 is 0 Å². The van der Waals surface area contributed by atoms with E-state index in [1.807, 2.05) is 13.0 Å². The van der Waals surface area contributed by atoms with Gasteiger partial charge in [-0.2, -0.15) is 0 Å². The second-order valence-electron chi connectivity index (χ2n) is 8.73. The van der Waals surface area contributed by atoms with Gasteiger partial charge in [-0.05, 0) is 56.9 Å². The molecule has 2 N–H and O–H groups in total. The van der Waals surface area contributed by atoms with Crippen molar-refractivity contribution in [2.24, 2.45) is 0 Å². The Morgan fingerprint density at radius 1 is 1.27 bits per heavy atom. The lowest BCUT2D eigenvalue weighted by Crippen LogP contribution is -2.57. The van der Waals surface area contributed by atoms with E-state index in [0.29, 0.717) is 29.1 Å². The van der Waals surface area contributed by atoms with E-state index < -0.39 is 11.7 Å². The topological polar surface area (TPSA) is 88.8 Å². The maximum atomic E-state index is 15.1. The van der Waals surface area contributed by atoms with E-state index in [9.17, 15) is 5.11 Å². The third-order valence-electron chi connectivity index (χ3n) is 6.22. The summed E-state index contributed by atoms with van der Waals surface area (Å²) in [6.45, 7) is 4.07. The fourth-order valence-electron chi connectivity index (χ4n) is 4.69. The number of alkyl halides is 1. The first-order valence-corrected chi connectivity index (χ1v) is 10.0. The van der Waals surface area contributed by atoms with Crippen LogP contribution in [-0.4, -0.2) is 47.1 Å². The van der Waals surface area contributed by atoms with Crippen molar-refractivity contribution in [1.82, 2.24) is 30.0 Å². The Morgan fingerprint density at radius 3 is 2.83 bits per heavy atom. The Bertz CT molecular complexity index is 1110. The Morgan fingerprint density at radius 2 is 2.13 bits per heavy atom. The third-order valence-corrected chi connectivity index (χ3v) is 6.22. The summed E-state index contributed by atoms with van der Waals surface area (Å²) in [6, 6.07) is 5.25. The number of phenols is 1. The first-order chi connectivity index (χ1) is 14.4. The van der Waals surface area contributed by atoms with Crippen molar-refractivity contribution in [3.63, 3.8) is 0 Å². The molecule has 4 heterocycles. The molecule has 7 nitrogen and oxygen atoms in total. The van der Waals surface area contributed by atoms with Gasteiger partial charge < -0.3 is 15.0 Å². The average Bonchev–Trinajstić information content (AvgIpc) is 3.34. The molecule has 2 bridgehead atoms. The number of benzene rings is 1. The van der Waals surface area contributed by atoms with Crippen LogP contribution in [0.3, 0.4) is 0 Å². The summed E-state index contributed by atoms with van der Waals surface area (Å²) in [5.41, 5.74) is 1.86. The number of phenolic OH excluding ortho intramolecular Hbond substituents is 1. The van der Waals surface area contributed by atoms with Crippen molar-refractivity contribution >= 4 is 6.08 Å². The summed E-state index contributed by atoms with van der Waals surface area (Å²) in [5, 5.41) is 22.3. The first-order valence-electron chi connectivity index (χ1n) is 10.0. The van der Waals surface area contributed by atoms with Gasteiger partial charge in [0.15, 0.2) is 5.82 Å². The molecule has 0 aliphatic carbocycles. The molecule has 0 unspecified atom stereocenters. The van der Waals surface area contributed by atoms with Gasteiger partial charge in [0.1, 0.15) is 17.6 Å². The Hall–Kier alpha value is -3.13. The fraction of sp³-hybridized carbons (Fsp3) is 0.364. The fourth-order valence-corrected chi connectivity index (χ4v) is 4.69. The number of hydrogen-bond acceptors (Lipinski definition) is 6. The van der Waals surface area contributed by atoms with Crippen LogP contribution in [-0.2, 0) is 0 Å². The summed E-state index contributed by atoms with van der Waals surface area (Å²) in [6.07, 6.45) is 9.71. The summed E-state index contributed by atoms with van der Waals surface area (Å²) in [7, 11) is 0. The molecule has 3 aromatic rings. The van der Waals surface area contributed by atoms with E-state index in [1.54, 1.807) is 47.7 Å². The van der Waals surface area contributed by atoms with Gasteiger partial charge in [0.25, 0.3) is 0 Å². The van der Waals surface area contributed by atoms with E-state index in [-0.39, 0.29) is 11.3 Å². The highest BCUT2D eigenvalue weighted by Crippen LogP contribution is 2.46. The van der Waals surface area contributed by atoms with Crippen LogP contribution in [0.5, 0.6) is 5.75 Å². The lowest BCUT2D eigenvalue weighted by atomic mass is 9.83. The molecule has 2 fully saturated rings. The Kier molecular flexibility index (Phi) is 4.21. The highest BCUT2D eigenvalue weighted by atomic mass is 19.1. The minimum absolute atomic E-state index is 0.0722. The van der Waals surface area contributed by atoms with Gasteiger partial charge in [-0.15, -0.1) is 10.2 Å². The van der Waals surface area contributed by atoms with E-state index >= 15 is 4.39 Å². The molecule has 2 aliphatic rings. The predicted molar refractivity (Wildman–Crippen MR) is 111 cm³/mol. The molecular weight excluding hydrogens is 383 g/mol. The van der Waals surface area contributed by atoms with E-state index in [0.717, 1.165) is 18.5 Å². The van der Waals surface area contributed by atoms with Crippen molar-refractivity contribution in [3.05, 3.63) is 54.5 Å². The molecule has 0 saturated carbocycles. The molecule has 2 aromatic heterocycles. The minimum atomic E-state index is -1.07. The summed E-state index contributed by atoms with van der Waals surface area (Å²) in [5.74, 6) is 0.447. The normalized spacial score (nSPS) is 29.4. The van der Waals surface area contributed by atoms with Gasteiger partial charge in [0.05, 0.1) is 23.8 Å². The zero-order chi connectivity index (χ0) is 20.9. The third kappa shape index (κ3) is 3.17. The number of hydrogen-bond donors (Lipinski definition) is 2. The number of nitrogens with zero attached hydrogens (tertiary/aromatic N) is 5. The standard InChI is InChI=1S/C22H23FN6O/c1-21-5-6-22(2,28-21)20(23)14(11-21)9-19-25-12-17(26-27-19)16-4-3-15(10-18(16)30)29-8-7-24-13-29/h3-4,7-10,12-13,20,28,30H,5-6,11H2,1-2H3/b14-9-/t20-,21-,22+/m0/s1. The number of aromatic hydroxyl groups is 1. The quantitative estimate of drug-likeness (QED) is 0.693. The van der Waals surface area contributed by atoms with Crippen molar-refractivity contribution in [3.8, 4) is 22.7 Å². The Balaban J connectivity index is 1.41. The van der Waals surface area contributed by atoms with Crippen LogP contribution in [0.1, 0.15) is 38.9 Å². The number of halogens is 1. The second kappa shape index (κ2) is 6.70. The summed E-state index contributed by atoms with van der Waals surface area (Å²) in [4.78, 5) is 8.36. The van der Waals surface area contributed by atoms with Gasteiger partial charge in [0.2, 0.25) is 0 Å². The van der Waals surface area contributed by atoms with Gasteiger partial charge in [0, 0.05) is 29.6 Å². The number of aromatic nitrogens is 5. The highest BCUT2D eigenvalue weighted by Gasteiger charge is 2.53. The molecule has 2 saturated heterocycles. The molecule has 0 spiro atoms. The number of rotatable bonds is 3. The number of piperidine rings is 1. The monoisotopic (exact) mass is 406 g/mol. The molecule has 0 amide bonds. The molecule has 30 heavy (non-hydrogen) atoms. The molecule has 2 aliphatic heterocycles. The van der Waals surface area contributed by atoms with Crippen LogP contribution in [0.15, 0.2) is 48.7 Å². The van der Waals surface area contributed by atoms with Crippen molar-refractivity contribution < 1.29 is 9.50 Å². The molecule has 154 valence electrons. The second-order valence-corrected chi connectivity index (χ2v) is 8.73. The summed E-state index contributed by atoms with van der Waals surface area (Å²) >= 11 is 0. The Labute approximate surface area is 173 Å². The zero-order valence-corrected chi connectivity index (χ0v) is 16.9. The lowest BCUT2D eigenvalue weighted by molar-refractivity contribution is 0.160. The molecule has 8 heteroatoms. The van der Waals surface area contributed by atoms with Crippen LogP contribution < -0.4 is 5.32 Å². The van der Waals surface area contributed by atoms with E-state index in [4.69, 9.17) is 0 Å². The van der Waals surface area contributed by atoms with Crippen molar-refractivity contribution in [1.29, 1.82) is 0 Å². The van der Waals surface area contributed by atoms with Gasteiger partial charge in [-0.25, -0.2) is 14.4 Å². The zero-order valence-electron chi connectivity index (χ0n) is 16.9. The molecular formula is C22H23FN6O. The predicted octanol–water partition coefficient (Wildman–Crippen LogP) is 3.46. The van der Waals surface area contributed by atoms with Gasteiger partial charge in [-0.1, -0.05) is 0 Å².